The molecular weight excluding hydrogens is 180 g/mol. The molecule has 14 heavy (non-hydrogen) atoms. The van der Waals surface area contributed by atoms with Crippen LogP contribution in [0.15, 0.2) is 18.3 Å². The molecule has 2 aromatic heterocycles. The monoisotopic (exact) mass is 192 g/mol. The zero-order valence-electron chi connectivity index (χ0n) is 7.86. The number of aromatic nitrogens is 3. The van der Waals surface area contributed by atoms with Crippen LogP contribution in [0, 0.1) is 0 Å². The van der Waals surface area contributed by atoms with Crippen molar-refractivity contribution in [2.75, 3.05) is 11.9 Å². The fourth-order valence-electron chi connectivity index (χ4n) is 1.21. The summed E-state index contributed by atoms with van der Waals surface area (Å²) >= 11 is 0. The average Bonchev–Trinajstić information content (AvgIpc) is 2.64. The van der Waals surface area contributed by atoms with E-state index in [2.05, 4.69) is 20.5 Å². The van der Waals surface area contributed by atoms with Crippen molar-refractivity contribution in [1.29, 1.82) is 0 Å². The van der Waals surface area contributed by atoms with Crippen molar-refractivity contribution in [2.45, 2.75) is 13.0 Å². The first-order valence-electron chi connectivity index (χ1n) is 4.47. The summed E-state index contributed by atoms with van der Waals surface area (Å²) < 4.78 is 0. The second-order valence-corrected chi connectivity index (χ2v) is 3.23. The highest BCUT2D eigenvalue weighted by atomic mass is 16.3. The molecule has 0 bridgehead atoms. The van der Waals surface area contributed by atoms with Gasteiger partial charge in [0.1, 0.15) is 5.82 Å². The number of aliphatic hydroxyl groups is 1. The molecule has 0 amide bonds. The molecule has 0 aliphatic heterocycles. The molecule has 0 aromatic carbocycles. The normalized spacial score (nSPS) is 13.0. The molecule has 0 aliphatic rings. The minimum Gasteiger partial charge on any atom is -0.394 e. The second kappa shape index (κ2) is 3.63. The number of H-pyrrole nitrogens is 1. The Hall–Kier alpha value is -1.62. The Bertz CT molecular complexity index is 425. The molecule has 2 aromatic rings. The lowest BCUT2D eigenvalue weighted by atomic mass is 10.3. The highest BCUT2D eigenvalue weighted by molar-refractivity contribution is 5.75. The lowest BCUT2D eigenvalue weighted by Crippen LogP contribution is -2.19. The third-order valence-corrected chi connectivity index (χ3v) is 1.97. The van der Waals surface area contributed by atoms with Crippen LogP contribution >= 0.6 is 0 Å². The Morgan fingerprint density at radius 1 is 1.57 bits per heavy atom. The van der Waals surface area contributed by atoms with Gasteiger partial charge in [-0.1, -0.05) is 0 Å². The van der Waals surface area contributed by atoms with Gasteiger partial charge in [0.05, 0.1) is 12.8 Å². The minimum absolute atomic E-state index is 0.00266. The molecule has 1 atom stereocenters. The van der Waals surface area contributed by atoms with Gasteiger partial charge in [0.15, 0.2) is 5.65 Å². The van der Waals surface area contributed by atoms with Crippen LogP contribution in [0.5, 0.6) is 0 Å². The molecule has 0 saturated carbocycles. The quantitative estimate of drug-likeness (QED) is 0.671. The van der Waals surface area contributed by atoms with Gasteiger partial charge < -0.3 is 10.4 Å². The van der Waals surface area contributed by atoms with Crippen LogP contribution in [0.4, 0.5) is 5.82 Å². The first kappa shape index (κ1) is 8.96. The zero-order valence-corrected chi connectivity index (χ0v) is 7.86. The van der Waals surface area contributed by atoms with Crippen molar-refractivity contribution in [1.82, 2.24) is 15.2 Å². The number of pyridine rings is 1. The third-order valence-electron chi connectivity index (χ3n) is 1.97. The standard InChI is InChI=1S/C9H12N4O/c1-6(5-14)11-8-3-2-7-4-10-13-9(7)12-8/h2-4,6,14H,5H2,1H3,(H2,10,11,12,13). The van der Waals surface area contributed by atoms with E-state index >= 15 is 0 Å². The maximum Gasteiger partial charge on any atom is 0.157 e. The molecule has 1 unspecified atom stereocenters. The van der Waals surface area contributed by atoms with E-state index in [4.69, 9.17) is 5.11 Å². The van der Waals surface area contributed by atoms with Gasteiger partial charge in [0, 0.05) is 11.4 Å². The van der Waals surface area contributed by atoms with E-state index in [1.54, 1.807) is 6.20 Å². The highest BCUT2D eigenvalue weighted by Crippen LogP contribution is 2.12. The molecule has 0 spiro atoms. The molecule has 0 aliphatic carbocycles. The SMILES string of the molecule is CC(CO)Nc1ccc2cn[nH]c2n1. The van der Waals surface area contributed by atoms with Crippen LogP contribution in [0.2, 0.25) is 0 Å². The second-order valence-electron chi connectivity index (χ2n) is 3.23. The molecule has 5 heteroatoms. The van der Waals surface area contributed by atoms with Crippen LogP contribution < -0.4 is 5.32 Å². The highest BCUT2D eigenvalue weighted by Gasteiger charge is 2.02. The van der Waals surface area contributed by atoms with E-state index in [1.807, 2.05) is 19.1 Å². The number of nitrogens with one attached hydrogen (secondary N) is 2. The van der Waals surface area contributed by atoms with Crippen LogP contribution in [0.1, 0.15) is 6.92 Å². The Labute approximate surface area is 81.2 Å². The Balaban J connectivity index is 2.25. The number of rotatable bonds is 3. The summed E-state index contributed by atoms with van der Waals surface area (Å²) in [6.45, 7) is 1.97. The first-order valence-corrected chi connectivity index (χ1v) is 4.47. The number of hydrogen-bond donors (Lipinski definition) is 3. The zero-order chi connectivity index (χ0) is 9.97. The Kier molecular flexibility index (Phi) is 2.32. The number of hydrogen-bond acceptors (Lipinski definition) is 4. The largest absolute Gasteiger partial charge is 0.394 e. The molecule has 0 fully saturated rings. The lowest BCUT2D eigenvalue weighted by molar-refractivity contribution is 0.281. The van der Waals surface area contributed by atoms with Crippen molar-refractivity contribution < 1.29 is 5.11 Å². The topological polar surface area (TPSA) is 73.8 Å². The fourth-order valence-corrected chi connectivity index (χ4v) is 1.21. The van der Waals surface area contributed by atoms with E-state index < -0.39 is 0 Å². The summed E-state index contributed by atoms with van der Waals surface area (Å²) in [5.74, 6) is 0.739. The fraction of sp³-hybridized carbons (Fsp3) is 0.333. The van der Waals surface area contributed by atoms with E-state index in [1.165, 1.54) is 0 Å². The Morgan fingerprint density at radius 3 is 3.21 bits per heavy atom. The van der Waals surface area contributed by atoms with Gasteiger partial charge in [-0.15, -0.1) is 0 Å². The predicted octanol–water partition coefficient (Wildman–Crippen LogP) is 0.751. The summed E-state index contributed by atoms with van der Waals surface area (Å²) in [6.07, 6.45) is 1.72. The maximum atomic E-state index is 8.86. The smallest absolute Gasteiger partial charge is 0.157 e. The molecular formula is C9H12N4O. The minimum atomic E-state index is 0.00266. The number of anilines is 1. The van der Waals surface area contributed by atoms with Crippen molar-refractivity contribution in [3.8, 4) is 0 Å². The van der Waals surface area contributed by atoms with Crippen LogP contribution in [0.25, 0.3) is 11.0 Å². The number of aromatic amines is 1. The average molecular weight is 192 g/mol. The summed E-state index contributed by atoms with van der Waals surface area (Å²) in [7, 11) is 0. The Morgan fingerprint density at radius 2 is 2.43 bits per heavy atom. The van der Waals surface area contributed by atoms with Gasteiger partial charge in [-0.3, -0.25) is 5.10 Å². The summed E-state index contributed by atoms with van der Waals surface area (Å²) in [4.78, 5) is 4.28. The third kappa shape index (κ3) is 1.67. The van der Waals surface area contributed by atoms with Crippen LogP contribution in [-0.2, 0) is 0 Å². The van der Waals surface area contributed by atoms with Gasteiger partial charge in [0.25, 0.3) is 0 Å². The van der Waals surface area contributed by atoms with Gasteiger partial charge in [0.2, 0.25) is 0 Å². The van der Waals surface area contributed by atoms with Gasteiger partial charge >= 0.3 is 0 Å². The van der Waals surface area contributed by atoms with Gasteiger partial charge in [-0.05, 0) is 19.1 Å². The summed E-state index contributed by atoms with van der Waals surface area (Å²) in [5, 5.41) is 19.6. The summed E-state index contributed by atoms with van der Waals surface area (Å²) in [6, 6.07) is 3.80. The summed E-state index contributed by atoms with van der Waals surface area (Å²) in [5.41, 5.74) is 0.750. The number of aliphatic hydroxyl groups excluding tert-OH is 1. The van der Waals surface area contributed by atoms with Crippen molar-refractivity contribution in [3.63, 3.8) is 0 Å². The maximum absolute atomic E-state index is 8.86. The van der Waals surface area contributed by atoms with E-state index in [0.29, 0.717) is 0 Å². The molecule has 0 radical (unpaired) electrons. The molecule has 2 heterocycles. The number of nitrogens with zero attached hydrogens (tertiary/aromatic N) is 2. The van der Waals surface area contributed by atoms with Gasteiger partial charge in [-0.2, -0.15) is 5.10 Å². The molecule has 5 nitrogen and oxygen atoms in total. The van der Waals surface area contributed by atoms with Crippen LogP contribution in [-0.4, -0.2) is 32.9 Å². The van der Waals surface area contributed by atoms with E-state index in [9.17, 15) is 0 Å². The molecule has 2 rings (SSSR count). The van der Waals surface area contributed by atoms with Crippen molar-refractivity contribution in [2.24, 2.45) is 0 Å². The van der Waals surface area contributed by atoms with Crippen LogP contribution in [0.3, 0.4) is 0 Å². The van der Waals surface area contributed by atoms with Gasteiger partial charge in [-0.25, -0.2) is 4.98 Å². The number of fused-ring (bicyclic) bond motifs is 1. The van der Waals surface area contributed by atoms with Crippen molar-refractivity contribution in [3.05, 3.63) is 18.3 Å². The lowest BCUT2D eigenvalue weighted by Gasteiger charge is -2.10. The molecule has 3 N–H and O–H groups in total. The predicted molar refractivity (Wildman–Crippen MR) is 54.1 cm³/mol. The first-order chi connectivity index (χ1) is 6.79. The van der Waals surface area contributed by atoms with E-state index in [0.717, 1.165) is 16.9 Å². The van der Waals surface area contributed by atoms with Crippen molar-refractivity contribution >= 4 is 16.9 Å². The van der Waals surface area contributed by atoms with E-state index in [-0.39, 0.29) is 12.6 Å². The molecule has 0 saturated heterocycles. The molecule has 74 valence electrons.